The summed E-state index contributed by atoms with van der Waals surface area (Å²) in [5.41, 5.74) is 1.77. The first-order valence-corrected chi connectivity index (χ1v) is 8.88. The summed E-state index contributed by atoms with van der Waals surface area (Å²) in [6, 6.07) is 10.7. The predicted octanol–water partition coefficient (Wildman–Crippen LogP) is 5.30. The Morgan fingerprint density at radius 1 is 1.11 bits per heavy atom. The summed E-state index contributed by atoms with van der Waals surface area (Å²) in [7, 11) is 1.35. The minimum atomic E-state index is -4.35. The molecule has 0 spiro atoms. The molecule has 1 aliphatic carbocycles. The standard InChI is InChI=1S/C21H18F3NO3/c1-27-20(26)18-11-25-19-7-2-12(10-17(18)19)13-8-16(9-13)28-15-5-3-14(4-6-15)21(22,23)24/h2-7,10-11,13,16,25H,8-9H2,1H3/t13-,16-. The summed E-state index contributed by atoms with van der Waals surface area (Å²) in [6.07, 6.45) is -1.21. The van der Waals surface area contributed by atoms with Crippen LogP contribution < -0.4 is 4.74 Å². The lowest BCUT2D eigenvalue weighted by Gasteiger charge is -2.35. The summed E-state index contributed by atoms with van der Waals surface area (Å²) in [5, 5.41) is 0.816. The number of nitrogens with one attached hydrogen (secondary N) is 1. The van der Waals surface area contributed by atoms with Crippen LogP contribution in [0.15, 0.2) is 48.7 Å². The monoisotopic (exact) mass is 389 g/mol. The molecule has 7 heteroatoms. The second-order valence-electron chi connectivity index (χ2n) is 6.93. The summed E-state index contributed by atoms with van der Waals surface area (Å²) in [5.74, 6) is 0.329. The lowest BCUT2D eigenvalue weighted by Crippen LogP contribution is -2.32. The number of rotatable bonds is 4. The summed E-state index contributed by atoms with van der Waals surface area (Å²) < 4.78 is 48.4. The normalized spacial score (nSPS) is 19.3. The van der Waals surface area contributed by atoms with Gasteiger partial charge in [-0.25, -0.2) is 4.79 Å². The highest BCUT2D eigenvalue weighted by atomic mass is 19.4. The molecule has 146 valence electrons. The summed E-state index contributed by atoms with van der Waals surface area (Å²) in [4.78, 5) is 14.9. The highest BCUT2D eigenvalue weighted by Crippen LogP contribution is 2.40. The van der Waals surface area contributed by atoms with Crippen molar-refractivity contribution in [1.82, 2.24) is 4.98 Å². The molecular weight excluding hydrogens is 371 g/mol. The van der Waals surface area contributed by atoms with Crippen LogP contribution in [0.25, 0.3) is 10.9 Å². The molecule has 0 aliphatic heterocycles. The lowest BCUT2D eigenvalue weighted by molar-refractivity contribution is -0.137. The zero-order valence-corrected chi connectivity index (χ0v) is 15.0. The fourth-order valence-corrected chi connectivity index (χ4v) is 3.52. The number of benzene rings is 2. The van der Waals surface area contributed by atoms with Gasteiger partial charge in [-0.15, -0.1) is 0 Å². The maximum Gasteiger partial charge on any atom is 0.416 e. The van der Waals surface area contributed by atoms with Crippen LogP contribution in [0.1, 0.15) is 40.2 Å². The smallest absolute Gasteiger partial charge is 0.416 e. The molecule has 0 saturated heterocycles. The van der Waals surface area contributed by atoms with Gasteiger partial charge in [0.15, 0.2) is 0 Å². The number of fused-ring (bicyclic) bond motifs is 1. The first kappa shape index (κ1) is 18.4. The van der Waals surface area contributed by atoms with Crippen molar-refractivity contribution in [3.05, 3.63) is 65.4 Å². The van der Waals surface area contributed by atoms with Crippen LogP contribution in [0, 0.1) is 0 Å². The summed E-state index contributed by atoms with van der Waals surface area (Å²) >= 11 is 0. The van der Waals surface area contributed by atoms with Crippen LogP contribution in [0.5, 0.6) is 5.75 Å². The number of H-pyrrole nitrogens is 1. The third-order valence-electron chi connectivity index (χ3n) is 5.16. The Labute approximate surface area is 159 Å². The van der Waals surface area contributed by atoms with E-state index in [-0.39, 0.29) is 18.0 Å². The summed E-state index contributed by atoms with van der Waals surface area (Å²) in [6.45, 7) is 0. The number of alkyl halides is 3. The van der Waals surface area contributed by atoms with Gasteiger partial charge in [-0.05, 0) is 60.7 Å². The second kappa shape index (κ2) is 6.89. The molecule has 4 rings (SSSR count). The van der Waals surface area contributed by atoms with Gasteiger partial charge in [0, 0.05) is 17.1 Å². The number of hydrogen-bond donors (Lipinski definition) is 1. The van der Waals surface area contributed by atoms with E-state index in [1.807, 2.05) is 18.2 Å². The Hall–Kier alpha value is -2.96. The molecule has 2 aromatic carbocycles. The average molecular weight is 389 g/mol. The third-order valence-corrected chi connectivity index (χ3v) is 5.16. The van der Waals surface area contributed by atoms with Crippen LogP contribution >= 0.6 is 0 Å². The van der Waals surface area contributed by atoms with Gasteiger partial charge in [0.05, 0.1) is 24.3 Å². The third kappa shape index (κ3) is 3.44. The lowest BCUT2D eigenvalue weighted by atomic mass is 9.77. The second-order valence-corrected chi connectivity index (χ2v) is 6.93. The van der Waals surface area contributed by atoms with Crippen LogP contribution in [-0.4, -0.2) is 24.2 Å². The van der Waals surface area contributed by atoms with Crippen molar-refractivity contribution >= 4 is 16.9 Å². The minimum absolute atomic E-state index is 0.0382. The predicted molar refractivity (Wildman–Crippen MR) is 97.5 cm³/mol. The van der Waals surface area contributed by atoms with Crippen molar-refractivity contribution in [2.75, 3.05) is 7.11 Å². The van der Waals surface area contributed by atoms with Crippen molar-refractivity contribution in [3.8, 4) is 5.75 Å². The molecule has 1 fully saturated rings. The van der Waals surface area contributed by atoms with E-state index < -0.39 is 11.7 Å². The molecule has 1 saturated carbocycles. The van der Waals surface area contributed by atoms with Crippen molar-refractivity contribution in [3.63, 3.8) is 0 Å². The van der Waals surface area contributed by atoms with Gasteiger partial charge < -0.3 is 14.5 Å². The maximum absolute atomic E-state index is 12.6. The van der Waals surface area contributed by atoms with Crippen LogP contribution in [-0.2, 0) is 10.9 Å². The van der Waals surface area contributed by atoms with Crippen molar-refractivity contribution in [2.24, 2.45) is 0 Å². The molecule has 0 amide bonds. The van der Waals surface area contributed by atoms with E-state index in [1.165, 1.54) is 19.2 Å². The van der Waals surface area contributed by atoms with Gasteiger partial charge in [-0.1, -0.05) is 6.07 Å². The van der Waals surface area contributed by atoms with Gasteiger partial charge in [0.1, 0.15) is 5.75 Å². The Balaban J connectivity index is 1.41. The minimum Gasteiger partial charge on any atom is -0.490 e. The molecule has 0 unspecified atom stereocenters. The van der Waals surface area contributed by atoms with Crippen molar-refractivity contribution in [2.45, 2.75) is 31.0 Å². The van der Waals surface area contributed by atoms with E-state index in [9.17, 15) is 18.0 Å². The van der Waals surface area contributed by atoms with Crippen molar-refractivity contribution in [1.29, 1.82) is 0 Å². The molecule has 3 aromatic rings. The van der Waals surface area contributed by atoms with Crippen LogP contribution in [0.3, 0.4) is 0 Å². The van der Waals surface area contributed by atoms with Gasteiger partial charge in [0.25, 0.3) is 0 Å². The first-order valence-electron chi connectivity index (χ1n) is 8.88. The molecule has 1 aliphatic rings. The molecule has 4 nitrogen and oxygen atoms in total. The fourth-order valence-electron chi connectivity index (χ4n) is 3.52. The van der Waals surface area contributed by atoms with E-state index in [4.69, 9.17) is 9.47 Å². The maximum atomic E-state index is 12.6. The Bertz CT molecular complexity index is 1000. The zero-order valence-electron chi connectivity index (χ0n) is 15.0. The molecular formula is C21H18F3NO3. The van der Waals surface area contributed by atoms with Gasteiger partial charge in [0.2, 0.25) is 0 Å². The van der Waals surface area contributed by atoms with Crippen molar-refractivity contribution < 1.29 is 27.4 Å². The molecule has 0 bridgehead atoms. The molecule has 1 heterocycles. The largest absolute Gasteiger partial charge is 0.490 e. The molecule has 1 aromatic heterocycles. The number of esters is 1. The SMILES string of the molecule is COC(=O)c1c[nH]c2ccc([C@H]3C[C@H](Oc4ccc(C(F)(F)F)cc4)C3)cc12. The van der Waals surface area contributed by atoms with E-state index in [2.05, 4.69) is 4.98 Å². The van der Waals surface area contributed by atoms with E-state index >= 15 is 0 Å². The van der Waals surface area contributed by atoms with Crippen LogP contribution in [0.2, 0.25) is 0 Å². The van der Waals surface area contributed by atoms with Gasteiger partial charge >= 0.3 is 12.1 Å². The Morgan fingerprint density at radius 2 is 1.82 bits per heavy atom. The number of carbonyl (C=O) groups is 1. The molecule has 1 N–H and O–H groups in total. The number of aromatic amines is 1. The van der Waals surface area contributed by atoms with Gasteiger partial charge in [-0.2, -0.15) is 13.2 Å². The molecule has 0 atom stereocenters. The highest BCUT2D eigenvalue weighted by Gasteiger charge is 2.33. The van der Waals surface area contributed by atoms with E-state index in [0.29, 0.717) is 11.3 Å². The van der Waals surface area contributed by atoms with E-state index in [0.717, 1.165) is 41.4 Å². The van der Waals surface area contributed by atoms with E-state index in [1.54, 1.807) is 6.20 Å². The number of aromatic nitrogens is 1. The zero-order chi connectivity index (χ0) is 19.9. The van der Waals surface area contributed by atoms with Crippen LogP contribution in [0.4, 0.5) is 13.2 Å². The number of methoxy groups -OCH3 is 1. The Kier molecular flexibility index (Phi) is 4.53. The fraction of sp³-hybridized carbons (Fsp3) is 0.286. The highest BCUT2D eigenvalue weighted by molar-refractivity contribution is 6.04. The van der Waals surface area contributed by atoms with Gasteiger partial charge in [-0.3, -0.25) is 0 Å². The average Bonchev–Trinajstić information content (AvgIpc) is 3.06. The number of halogens is 3. The number of hydrogen-bond acceptors (Lipinski definition) is 3. The first-order chi connectivity index (χ1) is 13.3. The topological polar surface area (TPSA) is 51.3 Å². The Morgan fingerprint density at radius 3 is 2.46 bits per heavy atom. The molecule has 0 radical (unpaired) electrons. The quantitative estimate of drug-likeness (QED) is 0.616. The number of ether oxygens (including phenoxy) is 2. The number of carbonyl (C=O) groups excluding carboxylic acids is 1. The molecule has 28 heavy (non-hydrogen) atoms.